The Morgan fingerprint density at radius 3 is 2.36 bits per heavy atom. The summed E-state index contributed by atoms with van der Waals surface area (Å²) < 4.78 is 0. The summed E-state index contributed by atoms with van der Waals surface area (Å²) in [4.78, 5) is 0. The molecule has 0 heterocycles. The zero-order valence-electron chi connectivity index (χ0n) is 6.41. The summed E-state index contributed by atoms with van der Waals surface area (Å²) >= 11 is 0. The molecular weight excluding hydrogens is 136 g/mol. The maximum absolute atomic E-state index is 8.48. The molecule has 0 radical (unpaired) electrons. The van der Waals surface area contributed by atoms with Crippen LogP contribution < -0.4 is 5.73 Å². The van der Waals surface area contributed by atoms with E-state index in [1.807, 2.05) is 37.3 Å². The van der Waals surface area contributed by atoms with E-state index in [1.54, 1.807) is 0 Å². The first kappa shape index (κ1) is 7.77. The van der Waals surface area contributed by atoms with E-state index in [1.165, 1.54) is 5.56 Å². The summed E-state index contributed by atoms with van der Waals surface area (Å²) in [6.07, 6.45) is 0. The molecule has 0 amide bonds. The zero-order chi connectivity index (χ0) is 8.27. The lowest BCUT2D eigenvalue weighted by molar-refractivity contribution is 0.925. The lowest BCUT2D eigenvalue weighted by Gasteiger charge is -2.01. The third-order valence-electron chi connectivity index (χ3n) is 1.58. The molecule has 56 valence electrons. The van der Waals surface area contributed by atoms with Gasteiger partial charge in [-0.3, -0.25) is 0 Å². The van der Waals surface area contributed by atoms with Crippen molar-refractivity contribution in [1.29, 1.82) is 5.26 Å². The van der Waals surface area contributed by atoms with E-state index in [0.717, 1.165) is 5.56 Å². The van der Waals surface area contributed by atoms with Crippen LogP contribution >= 0.6 is 0 Å². The summed E-state index contributed by atoms with van der Waals surface area (Å²) in [7, 11) is 0. The van der Waals surface area contributed by atoms with Crippen LogP contribution in [0, 0.1) is 18.3 Å². The molecule has 0 fully saturated rings. The third kappa shape index (κ3) is 1.79. The molecule has 0 unspecified atom stereocenters. The smallest absolute Gasteiger partial charge is 0.118 e. The van der Waals surface area contributed by atoms with Crippen molar-refractivity contribution >= 4 is 0 Å². The topological polar surface area (TPSA) is 49.8 Å². The minimum Gasteiger partial charge on any atom is -0.312 e. The van der Waals surface area contributed by atoms with Crippen LogP contribution in [0.2, 0.25) is 0 Å². The van der Waals surface area contributed by atoms with Gasteiger partial charge in [-0.25, -0.2) is 0 Å². The Hall–Kier alpha value is -1.33. The van der Waals surface area contributed by atoms with Crippen LogP contribution in [0.25, 0.3) is 0 Å². The molecule has 0 saturated heterocycles. The maximum Gasteiger partial charge on any atom is 0.118 e. The molecule has 2 heteroatoms. The maximum atomic E-state index is 8.48. The first-order valence-electron chi connectivity index (χ1n) is 3.46. The number of nitrogens with two attached hydrogens (primary N) is 1. The predicted octanol–water partition coefficient (Wildman–Crippen LogP) is 1.52. The molecule has 1 aromatic rings. The van der Waals surface area contributed by atoms with Crippen LogP contribution in [0.4, 0.5) is 0 Å². The molecule has 2 nitrogen and oxygen atoms in total. The second kappa shape index (κ2) is 3.18. The SMILES string of the molecule is Cc1ccc([C@@H](N)C#N)cc1. The van der Waals surface area contributed by atoms with Crippen LogP contribution in [-0.4, -0.2) is 0 Å². The van der Waals surface area contributed by atoms with E-state index in [9.17, 15) is 0 Å². The summed E-state index contributed by atoms with van der Waals surface area (Å²) in [6.45, 7) is 2.00. The fourth-order valence-electron chi connectivity index (χ4n) is 0.848. The summed E-state index contributed by atoms with van der Waals surface area (Å²) in [5, 5.41) is 8.48. The van der Waals surface area contributed by atoms with Crippen LogP contribution in [0.5, 0.6) is 0 Å². The highest BCUT2D eigenvalue weighted by Gasteiger charge is 2.01. The Balaban J connectivity index is 2.92. The molecule has 0 aromatic heterocycles. The first-order valence-corrected chi connectivity index (χ1v) is 3.46. The van der Waals surface area contributed by atoms with Gasteiger partial charge in [0, 0.05) is 0 Å². The molecule has 2 N–H and O–H groups in total. The Labute approximate surface area is 66.3 Å². The van der Waals surface area contributed by atoms with E-state index < -0.39 is 6.04 Å². The Kier molecular flexibility index (Phi) is 2.25. The van der Waals surface area contributed by atoms with E-state index in [0.29, 0.717) is 0 Å². The summed E-state index contributed by atoms with van der Waals surface area (Å²) in [6, 6.07) is 9.15. The highest BCUT2D eigenvalue weighted by molar-refractivity contribution is 5.26. The second-order valence-corrected chi connectivity index (χ2v) is 2.52. The fourth-order valence-corrected chi connectivity index (χ4v) is 0.848. The van der Waals surface area contributed by atoms with Crippen molar-refractivity contribution in [3.63, 3.8) is 0 Å². The predicted molar refractivity (Wildman–Crippen MR) is 43.7 cm³/mol. The minimum absolute atomic E-state index is 0.490. The van der Waals surface area contributed by atoms with Crippen molar-refractivity contribution in [2.24, 2.45) is 5.73 Å². The van der Waals surface area contributed by atoms with Gasteiger partial charge in [0.2, 0.25) is 0 Å². The van der Waals surface area contributed by atoms with E-state index >= 15 is 0 Å². The molecule has 0 spiro atoms. The monoisotopic (exact) mass is 146 g/mol. The molecule has 1 atom stereocenters. The van der Waals surface area contributed by atoms with E-state index in [-0.39, 0.29) is 0 Å². The fraction of sp³-hybridized carbons (Fsp3) is 0.222. The van der Waals surface area contributed by atoms with Gasteiger partial charge in [-0.2, -0.15) is 5.26 Å². The van der Waals surface area contributed by atoms with Gasteiger partial charge in [-0.05, 0) is 12.5 Å². The lowest BCUT2D eigenvalue weighted by atomic mass is 10.1. The van der Waals surface area contributed by atoms with Crippen LogP contribution in [0.15, 0.2) is 24.3 Å². The van der Waals surface area contributed by atoms with Gasteiger partial charge in [0.05, 0.1) is 6.07 Å². The van der Waals surface area contributed by atoms with Crippen molar-refractivity contribution in [2.75, 3.05) is 0 Å². The minimum atomic E-state index is -0.490. The molecule has 0 saturated carbocycles. The van der Waals surface area contributed by atoms with E-state index in [2.05, 4.69) is 0 Å². The van der Waals surface area contributed by atoms with Crippen LogP contribution in [-0.2, 0) is 0 Å². The molecule has 1 rings (SSSR count). The number of aryl methyl sites for hydroxylation is 1. The van der Waals surface area contributed by atoms with Crippen molar-refractivity contribution in [2.45, 2.75) is 13.0 Å². The van der Waals surface area contributed by atoms with Gasteiger partial charge in [0.15, 0.2) is 0 Å². The van der Waals surface area contributed by atoms with Crippen LogP contribution in [0.1, 0.15) is 17.2 Å². The molecule has 0 bridgehead atoms. The van der Waals surface area contributed by atoms with Gasteiger partial charge in [-0.1, -0.05) is 29.8 Å². The average molecular weight is 146 g/mol. The van der Waals surface area contributed by atoms with Crippen LogP contribution in [0.3, 0.4) is 0 Å². The van der Waals surface area contributed by atoms with Crippen molar-refractivity contribution in [1.82, 2.24) is 0 Å². The molecule has 1 aromatic carbocycles. The van der Waals surface area contributed by atoms with Gasteiger partial charge >= 0.3 is 0 Å². The molecule has 0 aliphatic rings. The average Bonchev–Trinajstić information content (AvgIpc) is 2.05. The molecule has 0 aliphatic heterocycles. The van der Waals surface area contributed by atoms with Gasteiger partial charge in [-0.15, -0.1) is 0 Å². The van der Waals surface area contributed by atoms with Crippen molar-refractivity contribution < 1.29 is 0 Å². The van der Waals surface area contributed by atoms with Gasteiger partial charge in [0.25, 0.3) is 0 Å². The largest absolute Gasteiger partial charge is 0.312 e. The highest BCUT2D eigenvalue weighted by atomic mass is 14.6. The second-order valence-electron chi connectivity index (χ2n) is 2.52. The lowest BCUT2D eigenvalue weighted by Crippen LogP contribution is -2.06. The Bertz CT molecular complexity index is 269. The number of hydrogen-bond acceptors (Lipinski definition) is 2. The van der Waals surface area contributed by atoms with Crippen molar-refractivity contribution in [3.8, 4) is 6.07 Å². The quantitative estimate of drug-likeness (QED) is 0.653. The Morgan fingerprint density at radius 1 is 1.36 bits per heavy atom. The van der Waals surface area contributed by atoms with Gasteiger partial charge < -0.3 is 5.73 Å². The summed E-state index contributed by atoms with van der Waals surface area (Å²) in [5.41, 5.74) is 7.54. The number of hydrogen-bond donors (Lipinski definition) is 1. The zero-order valence-corrected chi connectivity index (χ0v) is 6.41. The number of nitrogens with zero attached hydrogens (tertiary/aromatic N) is 1. The first-order chi connectivity index (χ1) is 5.24. The van der Waals surface area contributed by atoms with Gasteiger partial charge in [0.1, 0.15) is 6.04 Å². The highest BCUT2D eigenvalue weighted by Crippen LogP contribution is 2.09. The molecular formula is C9H10N2. The Morgan fingerprint density at radius 2 is 1.91 bits per heavy atom. The summed E-state index contributed by atoms with van der Waals surface area (Å²) in [5.74, 6) is 0. The normalized spacial score (nSPS) is 12.1. The molecule has 11 heavy (non-hydrogen) atoms. The number of nitriles is 1. The number of benzene rings is 1. The standard InChI is InChI=1S/C9H10N2/c1-7-2-4-8(5-3-7)9(11)6-10/h2-5,9H,11H2,1H3/t9-/m0/s1. The third-order valence-corrected chi connectivity index (χ3v) is 1.58. The van der Waals surface area contributed by atoms with Crippen molar-refractivity contribution in [3.05, 3.63) is 35.4 Å². The number of rotatable bonds is 1. The molecule has 0 aliphatic carbocycles. The van der Waals surface area contributed by atoms with E-state index in [4.69, 9.17) is 11.0 Å².